The quantitative estimate of drug-likeness (QED) is 0.754. The van der Waals surface area contributed by atoms with E-state index in [2.05, 4.69) is 18.7 Å². The molecule has 4 heteroatoms. The Kier molecular flexibility index (Phi) is 5.40. The number of esters is 1. The third-order valence-electron chi connectivity index (χ3n) is 4.11. The predicted molar refractivity (Wildman–Crippen MR) is 68.6 cm³/mol. The van der Waals surface area contributed by atoms with Crippen molar-refractivity contribution in [3.8, 4) is 0 Å². The van der Waals surface area contributed by atoms with E-state index in [4.69, 9.17) is 10.5 Å². The van der Waals surface area contributed by atoms with Crippen molar-refractivity contribution in [3.05, 3.63) is 0 Å². The number of carbonyl (C=O) groups excluding carboxylic acids is 1. The third-order valence-corrected chi connectivity index (χ3v) is 4.11. The van der Waals surface area contributed by atoms with Crippen molar-refractivity contribution in [2.75, 3.05) is 20.2 Å². The van der Waals surface area contributed by atoms with Crippen LogP contribution in [0.4, 0.5) is 0 Å². The Balaban J connectivity index is 2.56. The van der Waals surface area contributed by atoms with Crippen molar-refractivity contribution in [1.82, 2.24) is 4.90 Å². The summed E-state index contributed by atoms with van der Waals surface area (Å²) in [7, 11) is 1.45. The van der Waals surface area contributed by atoms with Gasteiger partial charge in [0.15, 0.2) is 0 Å². The number of hydrogen-bond donors (Lipinski definition) is 1. The molecular formula is C13H26N2O2. The lowest BCUT2D eigenvalue weighted by atomic mass is 9.89. The number of piperidine rings is 1. The maximum absolute atomic E-state index is 11.5. The Labute approximate surface area is 104 Å². The van der Waals surface area contributed by atoms with Gasteiger partial charge in [-0.15, -0.1) is 0 Å². The lowest BCUT2D eigenvalue weighted by Gasteiger charge is -2.39. The minimum absolute atomic E-state index is 0.0770. The summed E-state index contributed by atoms with van der Waals surface area (Å²) in [4.78, 5) is 13.9. The number of rotatable bonds is 4. The topological polar surface area (TPSA) is 55.6 Å². The van der Waals surface area contributed by atoms with Crippen LogP contribution in [0.5, 0.6) is 0 Å². The standard InChI is InChI=1S/C13H26N2O2/c1-9(13(16)17-4)11(3)15-7-5-6-12(8-15)10(2)14/h9-12H,5-8,14H2,1-4H3. The van der Waals surface area contributed by atoms with E-state index in [1.54, 1.807) is 0 Å². The minimum Gasteiger partial charge on any atom is -0.469 e. The SMILES string of the molecule is COC(=O)C(C)C(C)N1CCCC(C(C)N)C1. The molecular weight excluding hydrogens is 216 g/mol. The second-order valence-corrected chi connectivity index (χ2v) is 5.31. The number of methoxy groups -OCH3 is 1. The van der Waals surface area contributed by atoms with Crippen molar-refractivity contribution >= 4 is 5.97 Å². The van der Waals surface area contributed by atoms with Crippen molar-refractivity contribution in [1.29, 1.82) is 0 Å². The summed E-state index contributed by atoms with van der Waals surface area (Å²) in [6.07, 6.45) is 2.37. The lowest BCUT2D eigenvalue weighted by molar-refractivity contribution is -0.147. The molecule has 17 heavy (non-hydrogen) atoms. The second-order valence-electron chi connectivity index (χ2n) is 5.31. The van der Waals surface area contributed by atoms with Crippen LogP contribution in [0.15, 0.2) is 0 Å². The van der Waals surface area contributed by atoms with Gasteiger partial charge >= 0.3 is 5.97 Å². The molecule has 4 nitrogen and oxygen atoms in total. The Hall–Kier alpha value is -0.610. The Bertz CT molecular complexity index is 256. The summed E-state index contributed by atoms with van der Waals surface area (Å²) in [5.74, 6) is 0.350. The molecule has 0 bridgehead atoms. The molecule has 1 heterocycles. The van der Waals surface area contributed by atoms with Gasteiger partial charge in [-0.2, -0.15) is 0 Å². The smallest absolute Gasteiger partial charge is 0.309 e. The van der Waals surface area contributed by atoms with Crippen LogP contribution >= 0.6 is 0 Å². The van der Waals surface area contributed by atoms with E-state index in [9.17, 15) is 4.79 Å². The van der Waals surface area contributed by atoms with Gasteiger partial charge in [0.25, 0.3) is 0 Å². The van der Waals surface area contributed by atoms with Crippen LogP contribution < -0.4 is 5.73 Å². The zero-order valence-electron chi connectivity index (χ0n) is 11.5. The first kappa shape index (κ1) is 14.5. The van der Waals surface area contributed by atoms with E-state index in [1.165, 1.54) is 20.0 Å². The minimum atomic E-state index is -0.125. The summed E-state index contributed by atoms with van der Waals surface area (Å²) < 4.78 is 4.81. The Morgan fingerprint density at radius 2 is 2.06 bits per heavy atom. The van der Waals surface area contributed by atoms with Crippen LogP contribution in [0.1, 0.15) is 33.6 Å². The highest BCUT2D eigenvalue weighted by molar-refractivity contribution is 5.72. The first-order valence-electron chi connectivity index (χ1n) is 6.54. The number of nitrogens with zero attached hydrogens (tertiary/aromatic N) is 1. The van der Waals surface area contributed by atoms with Crippen LogP contribution in [-0.4, -0.2) is 43.2 Å². The highest BCUT2D eigenvalue weighted by atomic mass is 16.5. The van der Waals surface area contributed by atoms with Gasteiger partial charge in [0.1, 0.15) is 0 Å². The second kappa shape index (κ2) is 6.36. The number of likely N-dealkylation sites (tertiary alicyclic amines) is 1. The van der Waals surface area contributed by atoms with E-state index in [1.807, 2.05) is 6.92 Å². The van der Waals surface area contributed by atoms with Gasteiger partial charge in [0.05, 0.1) is 13.0 Å². The Morgan fingerprint density at radius 3 is 2.59 bits per heavy atom. The van der Waals surface area contributed by atoms with Gasteiger partial charge in [-0.3, -0.25) is 9.69 Å². The fourth-order valence-corrected chi connectivity index (χ4v) is 2.54. The molecule has 1 aliphatic heterocycles. The fourth-order valence-electron chi connectivity index (χ4n) is 2.54. The van der Waals surface area contributed by atoms with Crippen molar-refractivity contribution in [2.45, 2.75) is 45.7 Å². The molecule has 1 rings (SSSR count). The average molecular weight is 242 g/mol. The highest BCUT2D eigenvalue weighted by Crippen LogP contribution is 2.23. The first-order chi connectivity index (χ1) is 7.97. The largest absolute Gasteiger partial charge is 0.469 e. The summed E-state index contributed by atoms with van der Waals surface area (Å²) in [6.45, 7) is 8.17. The maximum atomic E-state index is 11.5. The normalized spacial score (nSPS) is 27.2. The molecule has 0 aromatic heterocycles. The van der Waals surface area contributed by atoms with Gasteiger partial charge in [0, 0.05) is 18.6 Å². The summed E-state index contributed by atoms with van der Waals surface area (Å²) in [5.41, 5.74) is 5.97. The first-order valence-corrected chi connectivity index (χ1v) is 6.54. The van der Waals surface area contributed by atoms with Crippen molar-refractivity contribution < 1.29 is 9.53 Å². The van der Waals surface area contributed by atoms with Crippen LogP contribution in [-0.2, 0) is 9.53 Å². The van der Waals surface area contributed by atoms with Gasteiger partial charge in [0.2, 0.25) is 0 Å². The van der Waals surface area contributed by atoms with Gasteiger partial charge in [-0.1, -0.05) is 6.92 Å². The molecule has 0 aliphatic carbocycles. The molecule has 0 aromatic rings. The number of hydrogen-bond acceptors (Lipinski definition) is 4. The summed E-state index contributed by atoms with van der Waals surface area (Å²) in [6, 6.07) is 0.461. The van der Waals surface area contributed by atoms with Crippen LogP contribution in [0, 0.1) is 11.8 Å². The Morgan fingerprint density at radius 1 is 1.41 bits per heavy atom. The highest BCUT2D eigenvalue weighted by Gasteiger charge is 2.30. The zero-order valence-corrected chi connectivity index (χ0v) is 11.5. The molecule has 0 aromatic carbocycles. The number of nitrogens with two attached hydrogens (primary N) is 1. The van der Waals surface area contributed by atoms with E-state index < -0.39 is 0 Å². The van der Waals surface area contributed by atoms with Gasteiger partial charge < -0.3 is 10.5 Å². The number of ether oxygens (including phenoxy) is 1. The molecule has 100 valence electrons. The van der Waals surface area contributed by atoms with Crippen LogP contribution in [0.3, 0.4) is 0 Å². The molecule has 1 saturated heterocycles. The lowest BCUT2D eigenvalue weighted by Crippen LogP contribution is -2.49. The molecule has 0 radical (unpaired) electrons. The van der Waals surface area contributed by atoms with E-state index >= 15 is 0 Å². The van der Waals surface area contributed by atoms with E-state index in [-0.39, 0.29) is 24.0 Å². The van der Waals surface area contributed by atoms with E-state index in [0.29, 0.717) is 5.92 Å². The van der Waals surface area contributed by atoms with Crippen molar-refractivity contribution in [3.63, 3.8) is 0 Å². The molecule has 4 atom stereocenters. The van der Waals surface area contributed by atoms with Crippen molar-refractivity contribution in [2.24, 2.45) is 17.6 Å². The zero-order chi connectivity index (χ0) is 13.0. The molecule has 1 fully saturated rings. The molecule has 0 saturated carbocycles. The predicted octanol–water partition coefficient (Wildman–Crippen LogP) is 1.24. The van der Waals surface area contributed by atoms with E-state index in [0.717, 1.165) is 13.1 Å². The fraction of sp³-hybridized carbons (Fsp3) is 0.923. The molecule has 4 unspecified atom stereocenters. The molecule has 0 amide bonds. The molecule has 2 N–H and O–H groups in total. The monoisotopic (exact) mass is 242 g/mol. The summed E-state index contributed by atoms with van der Waals surface area (Å²) >= 11 is 0. The number of carbonyl (C=O) groups is 1. The van der Waals surface area contributed by atoms with Crippen LogP contribution in [0.2, 0.25) is 0 Å². The summed E-state index contributed by atoms with van der Waals surface area (Å²) in [5, 5.41) is 0. The van der Waals surface area contributed by atoms with Gasteiger partial charge in [-0.25, -0.2) is 0 Å². The van der Waals surface area contributed by atoms with Gasteiger partial charge in [-0.05, 0) is 39.2 Å². The third kappa shape index (κ3) is 3.68. The average Bonchev–Trinajstić information content (AvgIpc) is 2.36. The van der Waals surface area contributed by atoms with Crippen LogP contribution in [0.25, 0.3) is 0 Å². The molecule has 1 aliphatic rings. The maximum Gasteiger partial charge on any atom is 0.309 e. The molecule has 0 spiro atoms.